The van der Waals surface area contributed by atoms with E-state index in [1.165, 1.54) is 180 Å². The Labute approximate surface area is 334 Å². The van der Waals surface area contributed by atoms with Crippen molar-refractivity contribution >= 4 is 19.8 Å². The molecule has 0 bridgehead atoms. The highest BCUT2D eigenvalue weighted by atomic mass is 31.2. The molecule has 0 amide bonds. The Morgan fingerprint density at radius 2 is 0.722 bits per heavy atom. The molecule has 0 aliphatic rings. The smallest absolute Gasteiger partial charge is 0.462 e. The number of hydrogen-bond donors (Lipinski definition) is 1. The fourth-order valence-electron chi connectivity index (χ4n) is 6.99. The Morgan fingerprint density at radius 1 is 0.426 bits per heavy atom. The third-order valence-corrected chi connectivity index (χ3v) is 11.5. The second-order valence-corrected chi connectivity index (χ2v) is 17.2. The molecule has 0 spiro atoms. The fraction of sp³-hybridized carbons (Fsp3) is 0.956. The zero-order chi connectivity index (χ0) is 39.6. The van der Waals surface area contributed by atoms with Crippen LogP contribution < -0.4 is 0 Å². The summed E-state index contributed by atoms with van der Waals surface area (Å²) < 4.78 is 32.7. The molecule has 54 heavy (non-hydrogen) atoms. The van der Waals surface area contributed by atoms with Gasteiger partial charge < -0.3 is 14.4 Å². The van der Waals surface area contributed by atoms with Gasteiger partial charge in [0.15, 0.2) is 6.10 Å². The maximum absolute atomic E-state index is 12.6. The number of rotatable bonds is 44. The quantitative estimate of drug-likeness (QED) is 0.0369. The van der Waals surface area contributed by atoms with Crippen molar-refractivity contribution in [3.63, 3.8) is 0 Å². The molecular formula is C45H89O8P. The average Bonchev–Trinajstić information content (AvgIpc) is 3.15. The average molecular weight is 789 g/mol. The van der Waals surface area contributed by atoms with Crippen LogP contribution in [0.5, 0.6) is 0 Å². The normalized spacial score (nSPS) is 13.2. The van der Waals surface area contributed by atoms with Gasteiger partial charge in [0, 0.05) is 12.8 Å². The Morgan fingerprint density at radius 3 is 1.04 bits per heavy atom. The highest BCUT2D eigenvalue weighted by Gasteiger charge is 2.25. The molecule has 2 atom stereocenters. The van der Waals surface area contributed by atoms with E-state index >= 15 is 0 Å². The summed E-state index contributed by atoms with van der Waals surface area (Å²) in [5.41, 5.74) is 0. The first-order chi connectivity index (χ1) is 26.3. The molecule has 322 valence electrons. The lowest BCUT2D eigenvalue weighted by molar-refractivity contribution is -0.161. The molecule has 0 fully saturated rings. The predicted octanol–water partition coefficient (Wildman–Crippen LogP) is 14.7. The molecule has 0 aromatic carbocycles. The van der Waals surface area contributed by atoms with Crippen LogP contribution in [0.4, 0.5) is 0 Å². The summed E-state index contributed by atoms with van der Waals surface area (Å²) >= 11 is 0. The summed E-state index contributed by atoms with van der Waals surface area (Å²) in [4.78, 5) is 34.7. The van der Waals surface area contributed by atoms with E-state index < -0.39 is 19.9 Å². The van der Waals surface area contributed by atoms with Crippen molar-refractivity contribution in [1.29, 1.82) is 0 Å². The van der Waals surface area contributed by atoms with Gasteiger partial charge in [0.25, 0.3) is 0 Å². The van der Waals surface area contributed by atoms with E-state index in [1.807, 2.05) is 0 Å². The lowest BCUT2D eigenvalue weighted by Gasteiger charge is -2.19. The number of carbonyl (C=O) groups is 2. The van der Waals surface area contributed by atoms with Gasteiger partial charge in [-0.15, -0.1) is 0 Å². The van der Waals surface area contributed by atoms with Crippen LogP contribution in [-0.2, 0) is 32.7 Å². The van der Waals surface area contributed by atoms with Gasteiger partial charge in [-0.1, -0.05) is 219 Å². The van der Waals surface area contributed by atoms with E-state index in [0.717, 1.165) is 38.5 Å². The van der Waals surface area contributed by atoms with E-state index in [0.29, 0.717) is 6.42 Å². The summed E-state index contributed by atoms with van der Waals surface area (Å²) in [6.07, 6.45) is 43.1. The Bertz CT molecular complexity index is 854. The summed E-state index contributed by atoms with van der Waals surface area (Å²) in [5, 5.41) is 0. The summed E-state index contributed by atoms with van der Waals surface area (Å²) in [6, 6.07) is 0. The number of phosphoric acid groups is 1. The molecule has 8 nitrogen and oxygen atoms in total. The van der Waals surface area contributed by atoms with Gasteiger partial charge in [-0.25, -0.2) is 4.57 Å². The van der Waals surface area contributed by atoms with Crippen LogP contribution in [0.2, 0.25) is 0 Å². The lowest BCUT2D eigenvalue weighted by atomic mass is 10.0. The maximum Gasteiger partial charge on any atom is 0.472 e. The van der Waals surface area contributed by atoms with Gasteiger partial charge in [-0.05, 0) is 19.8 Å². The van der Waals surface area contributed by atoms with E-state index in [2.05, 4.69) is 13.8 Å². The fourth-order valence-corrected chi connectivity index (χ4v) is 7.74. The molecule has 0 aromatic heterocycles. The standard InChI is InChI=1S/C45H89O8P/c1-4-7-9-11-13-15-17-19-20-21-22-23-24-25-26-27-28-30-32-34-36-38-40-45(47)53-43(42-52-54(48,49)51-6-3)41-50-44(46)39-37-35-33-31-29-18-16-14-12-10-8-5-2/h43H,4-42H2,1-3H3,(H,48,49). The van der Waals surface area contributed by atoms with Gasteiger partial charge in [0.05, 0.1) is 13.2 Å². The molecule has 0 saturated heterocycles. The lowest BCUT2D eigenvalue weighted by Crippen LogP contribution is -2.29. The predicted molar refractivity (Wildman–Crippen MR) is 226 cm³/mol. The number of hydrogen-bond acceptors (Lipinski definition) is 7. The van der Waals surface area contributed by atoms with Crippen LogP contribution in [0, 0.1) is 0 Å². The molecule has 1 N–H and O–H groups in total. The Balaban J connectivity index is 3.93. The first kappa shape index (κ1) is 53.0. The maximum atomic E-state index is 12.6. The highest BCUT2D eigenvalue weighted by molar-refractivity contribution is 7.47. The summed E-state index contributed by atoms with van der Waals surface area (Å²) in [7, 11) is -4.27. The summed E-state index contributed by atoms with van der Waals surface area (Å²) in [5.74, 6) is -0.780. The highest BCUT2D eigenvalue weighted by Crippen LogP contribution is 2.43. The number of carbonyl (C=O) groups excluding carboxylic acids is 2. The molecule has 0 heterocycles. The van der Waals surface area contributed by atoms with Crippen molar-refractivity contribution in [3.8, 4) is 0 Å². The van der Waals surface area contributed by atoms with Crippen molar-refractivity contribution in [3.05, 3.63) is 0 Å². The van der Waals surface area contributed by atoms with Crippen molar-refractivity contribution < 1.29 is 37.6 Å². The minimum Gasteiger partial charge on any atom is -0.462 e. The Kier molecular flexibility index (Phi) is 40.9. The molecule has 0 radical (unpaired) electrons. The van der Waals surface area contributed by atoms with Crippen molar-refractivity contribution in [2.45, 2.75) is 258 Å². The van der Waals surface area contributed by atoms with E-state index in [9.17, 15) is 19.0 Å². The Hall–Kier alpha value is -0.950. The third kappa shape index (κ3) is 40.7. The number of unbranched alkanes of at least 4 members (excludes halogenated alkanes) is 32. The number of phosphoric ester groups is 1. The summed E-state index contributed by atoms with van der Waals surface area (Å²) in [6.45, 7) is 5.52. The molecule has 0 saturated carbocycles. The van der Waals surface area contributed by atoms with E-state index in [-0.39, 0.29) is 32.2 Å². The molecule has 0 aliphatic carbocycles. The third-order valence-electron chi connectivity index (χ3n) is 10.4. The van der Waals surface area contributed by atoms with Crippen LogP contribution in [-0.4, -0.2) is 42.8 Å². The topological polar surface area (TPSA) is 108 Å². The largest absolute Gasteiger partial charge is 0.472 e. The molecule has 9 heteroatoms. The van der Waals surface area contributed by atoms with Crippen molar-refractivity contribution in [1.82, 2.24) is 0 Å². The number of esters is 2. The van der Waals surface area contributed by atoms with Crippen LogP contribution in [0.1, 0.15) is 252 Å². The molecule has 0 aliphatic heterocycles. The van der Waals surface area contributed by atoms with Gasteiger partial charge in [0.2, 0.25) is 0 Å². The molecule has 0 rings (SSSR count). The van der Waals surface area contributed by atoms with Crippen LogP contribution >= 0.6 is 7.82 Å². The SMILES string of the molecule is CCCCCCCCCCCCCCCCCCCCCCCCC(=O)OC(COC(=O)CCCCCCCCCCCCCC)COP(=O)(O)OCC. The van der Waals surface area contributed by atoms with E-state index in [4.69, 9.17) is 18.5 Å². The van der Waals surface area contributed by atoms with Crippen molar-refractivity contribution in [2.75, 3.05) is 19.8 Å². The number of ether oxygens (including phenoxy) is 2. The minimum absolute atomic E-state index is 0.00573. The van der Waals surface area contributed by atoms with Gasteiger partial charge in [0.1, 0.15) is 6.61 Å². The molecule has 0 aromatic rings. The minimum atomic E-state index is -4.27. The first-order valence-electron chi connectivity index (χ1n) is 23.3. The van der Waals surface area contributed by atoms with Crippen LogP contribution in [0.15, 0.2) is 0 Å². The molecule has 2 unspecified atom stereocenters. The zero-order valence-corrected chi connectivity index (χ0v) is 36.8. The second kappa shape index (κ2) is 41.7. The first-order valence-corrected chi connectivity index (χ1v) is 24.8. The van der Waals surface area contributed by atoms with E-state index in [1.54, 1.807) is 6.92 Å². The van der Waals surface area contributed by atoms with Gasteiger partial charge >= 0.3 is 19.8 Å². The molecular weight excluding hydrogens is 699 g/mol. The monoisotopic (exact) mass is 789 g/mol. The van der Waals surface area contributed by atoms with Gasteiger partial charge in [-0.3, -0.25) is 18.6 Å². The zero-order valence-electron chi connectivity index (χ0n) is 35.9. The second-order valence-electron chi connectivity index (χ2n) is 15.8. The van der Waals surface area contributed by atoms with Crippen molar-refractivity contribution in [2.24, 2.45) is 0 Å². The van der Waals surface area contributed by atoms with Gasteiger partial charge in [-0.2, -0.15) is 0 Å². The van der Waals surface area contributed by atoms with Crippen LogP contribution in [0.25, 0.3) is 0 Å². The van der Waals surface area contributed by atoms with Crippen LogP contribution in [0.3, 0.4) is 0 Å².